The molecule has 0 amide bonds. The van der Waals surface area contributed by atoms with Crippen LogP contribution in [0.3, 0.4) is 0 Å². The lowest BCUT2D eigenvalue weighted by Crippen LogP contribution is -2.27. The highest BCUT2D eigenvalue weighted by Crippen LogP contribution is 2.44. The molecular formula is C22H20ClNO4. The maximum atomic E-state index is 13.2. The van der Waals surface area contributed by atoms with Gasteiger partial charge >= 0.3 is 5.97 Å². The topological polar surface area (TPSA) is 79.5 Å². The van der Waals surface area contributed by atoms with E-state index in [1.807, 2.05) is 0 Å². The third-order valence-corrected chi connectivity index (χ3v) is 5.98. The van der Waals surface area contributed by atoms with Gasteiger partial charge in [-0.15, -0.1) is 0 Å². The number of hydrogen-bond acceptors (Lipinski definition) is 3. The molecule has 4 rings (SSSR count). The number of carbonyl (C=O) groups excluding carboxylic acids is 1. The van der Waals surface area contributed by atoms with Gasteiger partial charge < -0.3 is 10.2 Å². The fraction of sp³-hybridized carbons (Fsp3) is 0.273. The van der Waals surface area contributed by atoms with Gasteiger partial charge in [0.25, 0.3) is 5.91 Å². The summed E-state index contributed by atoms with van der Waals surface area (Å²) in [5.74, 6) is -1.76. The molecule has 28 heavy (non-hydrogen) atoms. The van der Waals surface area contributed by atoms with Gasteiger partial charge in [-0.1, -0.05) is 18.0 Å². The van der Waals surface area contributed by atoms with Crippen LogP contribution in [0.1, 0.15) is 46.8 Å². The zero-order valence-corrected chi connectivity index (χ0v) is 16.1. The van der Waals surface area contributed by atoms with Crippen LogP contribution < -0.4 is 0 Å². The first-order valence-corrected chi connectivity index (χ1v) is 9.63. The van der Waals surface area contributed by atoms with Crippen LogP contribution in [0.4, 0.5) is 0 Å². The van der Waals surface area contributed by atoms with Crippen molar-refractivity contribution < 1.29 is 19.8 Å². The Morgan fingerprint density at radius 2 is 1.82 bits per heavy atom. The summed E-state index contributed by atoms with van der Waals surface area (Å²) in [6, 6.07) is 11.3. The highest BCUT2D eigenvalue weighted by atomic mass is 35.5. The van der Waals surface area contributed by atoms with Crippen LogP contribution in [-0.2, 0) is 4.79 Å². The number of fused-ring (bicyclic) bond motifs is 1. The average molecular weight is 398 g/mol. The first-order valence-electron chi connectivity index (χ1n) is 9.25. The number of hydrogen-bond donors (Lipinski definition) is 2. The van der Waals surface area contributed by atoms with Crippen molar-refractivity contribution in [3.05, 3.63) is 64.3 Å². The van der Waals surface area contributed by atoms with Crippen molar-refractivity contribution in [2.24, 2.45) is 5.92 Å². The number of carboxylic acids is 1. The summed E-state index contributed by atoms with van der Waals surface area (Å²) in [6.45, 7) is 1.77. The Hall–Kier alpha value is -2.79. The number of benzene rings is 2. The van der Waals surface area contributed by atoms with Crippen molar-refractivity contribution >= 4 is 34.4 Å². The maximum absolute atomic E-state index is 13.2. The van der Waals surface area contributed by atoms with Gasteiger partial charge in [0.2, 0.25) is 0 Å². The average Bonchev–Trinajstić information content (AvgIpc) is 2.89. The second kappa shape index (κ2) is 6.99. The van der Waals surface area contributed by atoms with Gasteiger partial charge in [-0.2, -0.15) is 0 Å². The van der Waals surface area contributed by atoms with E-state index in [-0.39, 0.29) is 17.6 Å². The van der Waals surface area contributed by atoms with E-state index in [4.69, 9.17) is 11.6 Å². The van der Waals surface area contributed by atoms with Crippen LogP contribution in [0.15, 0.2) is 42.5 Å². The lowest BCUT2D eigenvalue weighted by atomic mass is 9.72. The summed E-state index contributed by atoms with van der Waals surface area (Å²) < 4.78 is 1.54. The molecule has 2 N–H and O–H groups in total. The molecular weight excluding hydrogens is 378 g/mol. The van der Waals surface area contributed by atoms with E-state index >= 15 is 0 Å². The summed E-state index contributed by atoms with van der Waals surface area (Å²) >= 11 is 5.93. The zero-order valence-electron chi connectivity index (χ0n) is 15.4. The Labute approximate surface area is 167 Å². The molecule has 2 aromatic carbocycles. The van der Waals surface area contributed by atoms with E-state index in [2.05, 4.69) is 0 Å². The van der Waals surface area contributed by atoms with Gasteiger partial charge in [0.1, 0.15) is 5.75 Å². The molecule has 5 nitrogen and oxygen atoms in total. The van der Waals surface area contributed by atoms with E-state index in [0.717, 1.165) is 19.3 Å². The fourth-order valence-electron chi connectivity index (χ4n) is 4.14. The summed E-state index contributed by atoms with van der Waals surface area (Å²) in [7, 11) is 0. The minimum absolute atomic E-state index is 0.0441. The van der Waals surface area contributed by atoms with Crippen molar-refractivity contribution in [3.63, 3.8) is 0 Å². The van der Waals surface area contributed by atoms with Crippen LogP contribution in [0.25, 0.3) is 10.9 Å². The van der Waals surface area contributed by atoms with Gasteiger partial charge in [-0.05, 0) is 73.7 Å². The number of aliphatic carboxylic acids is 1. The molecule has 0 spiro atoms. The van der Waals surface area contributed by atoms with Crippen molar-refractivity contribution in [1.29, 1.82) is 0 Å². The van der Waals surface area contributed by atoms with Crippen molar-refractivity contribution in [2.45, 2.75) is 32.1 Å². The minimum Gasteiger partial charge on any atom is -0.508 e. The molecule has 1 atom stereocenters. The molecule has 1 heterocycles. The lowest BCUT2D eigenvalue weighted by Gasteiger charge is -2.31. The van der Waals surface area contributed by atoms with Crippen molar-refractivity contribution in [3.8, 4) is 5.75 Å². The molecule has 0 bridgehead atoms. The van der Waals surface area contributed by atoms with E-state index in [0.29, 0.717) is 32.7 Å². The van der Waals surface area contributed by atoms with Gasteiger partial charge in [-0.3, -0.25) is 14.2 Å². The summed E-state index contributed by atoms with van der Waals surface area (Å²) in [4.78, 5) is 25.4. The maximum Gasteiger partial charge on any atom is 0.311 e. The van der Waals surface area contributed by atoms with Gasteiger partial charge in [0.15, 0.2) is 0 Å². The molecule has 1 aliphatic carbocycles. The molecule has 6 heteroatoms. The monoisotopic (exact) mass is 397 g/mol. The number of phenols is 1. The third kappa shape index (κ3) is 2.96. The van der Waals surface area contributed by atoms with E-state index < -0.39 is 11.9 Å². The first-order chi connectivity index (χ1) is 13.4. The number of phenolic OH excluding ortho intramolecular Hbond substituents is 1. The molecule has 0 aliphatic heterocycles. The first kappa shape index (κ1) is 18.6. The molecule has 1 fully saturated rings. The Morgan fingerprint density at radius 1 is 1.14 bits per heavy atom. The number of carboxylic acid groups (broad SMARTS) is 1. The Kier molecular flexibility index (Phi) is 4.63. The number of nitrogens with zero attached hydrogens (tertiary/aromatic N) is 1. The SMILES string of the molecule is Cc1c(C(C(=O)O)C2CCC2)c2cc(O)ccc2n1C(=O)c1ccc(Cl)cc1. The van der Waals surface area contributed by atoms with Crippen LogP contribution in [0.5, 0.6) is 5.75 Å². The van der Waals surface area contributed by atoms with Crippen LogP contribution in [0, 0.1) is 12.8 Å². The van der Waals surface area contributed by atoms with Crippen LogP contribution >= 0.6 is 11.6 Å². The fourth-order valence-corrected chi connectivity index (χ4v) is 4.27. The number of aromatic hydroxyl groups is 1. The third-order valence-electron chi connectivity index (χ3n) is 5.73. The van der Waals surface area contributed by atoms with E-state index in [9.17, 15) is 19.8 Å². The molecule has 1 aliphatic rings. The normalized spacial score (nSPS) is 15.4. The summed E-state index contributed by atoms with van der Waals surface area (Å²) in [5.41, 5.74) is 2.26. The highest BCUT2D eigenvalue weighted by molar-refractivity contribution is 6.30. The predicted molar refractivity (Wildman–Crippen MR) is 107 cm³/mol. The standard InChI is InChI=1S/C22H20ClNO4/c1-12-19(20(22(27)28)13-3-2-4-13)17-11-16(25)9-10-18(17)24(12)21(26)14-5-7-15(23)8-6-14/h5-11,13,20,25H,2-4H2,1H3,(H,27,28). The van der Waals surface area contributed by atoms with Gasteiger partial charge in [0, 0.05) is 21.7 Å². The van der Waals surface area contributed by atoms with Crippen molar-refractivity contribution in [1.82, 2.24) is 4.57 Å². The predicted octanol–water partition coefficient (Wildman–Crippen LogP) is 4.97. The zero-order chi connectivity index (χ0) is 20.0. The summed E-state index contributed by atoms with van der Waals surface area (Å²) in [5, 5.41) is 21.1. The van der Waals surface area contributed by atoms with Crippen LogP contribution in [0.2, 0.25) is 5.02 Å². The number of carbonyl (C=O) groups is 2. The molecule has 1 unspecified atom stereocenters. The number of rotatable bonds is 4. The summed E-state index contributed by atoms with van der Waals surface area (Å²) in [6.07, 6.45) is 2.72. The smallest absolute Gasteiger partial charge is 0.311 e. The van der Waals surface area contributed by atoms with E-state index in [1.165, 1.54) is 6.07 Å². The molecule has 0 radical (unpaired) electrons. The molecule has 3 aromatic rings. The molecule has 144 valence electrons. The molecule has 0 saturated heterocycles. The second-order valence-electron chi connectivity index (χ2n) is 7.35. The quantitative estimate of drug-likeness (QED) is 0.651. The van der Waals surface area contributed by atoms with Crippen molar-refractivity contribution in [2.75, 3.05) is 0 Å². The number of aromatic nitrogens is 1. The largest absolute Gasteiger partial charge is 0.508 e. The van der Waals surface area contributed by atoms with Gasteiger partial charge in [-0.25, -0.2) is 0 Å². The Balaban J connectivity index is 1.95. The Bertz CT molecular complexity index is 1080. The van der Waals surface area contributed by atoms with E-state index in [1.54, 1.807) is 47.9 Å². The Morgan fingerprint density at radius 3 is 2.39 bits per heavy atom. The minimum atomic E-state index is -0.894. The lowest BCUT2D eigenvalue weighted by molar-refractivity contribution is -0.141. The van der Waals surface area contributed by atoms with Gasteiger partial charge in [0.05, 0.1) is 11.4 Å². The molecule has 1 aromatic heterocycles. The highest BCUT2D eigenvalue weighted by Gasteiger charge is 2.38. The second-order valence-corrected chi connectivity index (χ2v) is 7.79. The number of halogens is 1. The molecule has 1 saturated carbocycles. The van der Waals surface area contributed by atoms with Crippen LogP contribution in [-0.4, -0.2) is 26.7 Å².